The molecule has 0 saturated carbocycles. The summed E-state index contributed by atoms with van der Waals surface area (Å²) in [4.78, 5) is 31.6. The Morgan fingerprint density at radius 3 is 2.40 bits per heavy atom. The highest BCUT2D eigenvalue weighted by Gasteiger charge is 2.25. The van der Waals surface area contributed by atoms with Crippen LogP contribution >= 0.6 is 11.6 Å². The number of para-hydroxylation sites is 1. The van der Waals surface area contributed by atoms with Gasteiger partial charge < -0.3 is 9.80 Å². The number of rotatable bonds is 4. The van der Waals surface area contributed by atoms with Crippen LogP contribution in [0.15, 0.2) is 41.3 Å². The van der Waals surface area contributed by atoms with Crippen molar-refractivity contribution in [2.75, 3.05) is 50.7 Å². The van der Waals surface area contributed by atoms with Gasteiger partial charge in [-0.3, -0.25) is 14.5 Å². The number of aromatic nitrogens is 2. The Bertz CT molecular complexity index is 932. The van der Waals surface area contributed by atoms with Gasteiger partial charge in [0.15, 0.2) is 0 Å². The summed E-state index contributed by atoms with van der Waals surface area (Å²) < 4.78 is 1.32. The number of piperidine rings is 1. The van der Waals surface area contributed by atoms with Gasteiger partial charge in [0.05, 0.1) is 24.1 Å². The van der Waals surface area contributed by atoms with Crippen LogP contribution in [0.1, 0.15) is 19.8 Å². The summed E-state index contributed by atoms with van der Waals surface area (Å²) in [6, 6.07) is 9.25. The summed E-state index contributed by atoms with van der Waals surface area (Å²) in [5.74, 6) is 0.939. The van der Waals surface area contributed by atoms with Crippen LogP contribution in [0.25, 0.3) is 5.69 Å². The first-order chi connectivity index (χ1) is 14.5. The minimum atomic E-state index is -0.322. The van der Waals surface area contributed by atoms with E-state index in [4.69, 9.17) is 11.6 Å². The lowest BCUT2D eigenvalue weighted by molar-refractivity contribution is -0.133. The molecule has 0 spiro atoms. The minimum Gasteiger partial charge on any atom is -0.366 e. The van der Waals surface area contributed by atoms with Gasteiger partial charge in [-0.05, 0) is 30.9 Å². The fraction of sp³-hybridized carbons (Fsp3) is 0.500. The van der Waals surface area contributed by atoms with Gasteiger partial charge in [-0.2, -0.15) is 9.78 Å². The molecule has 1 aromatic heterocycles. The molecule has 0 atom stereocenters. The number of carbonyl (C=O) groups is 1. The lowest BCUT2D eigenvalue weighted by Crippen LogP contribution is -2.51. The predicted octanol–water partition coefficient (Wildman–Crippen LogP) is 2.27. The SMILES string of the molecule is CC1CCN(C(=O)CN2CCN(c3cnn(-c4ccccc4)c(=O)c3Cl)CC2)CC1. The van der Waals surface area contributed by atoms with Crippen LogP contribution in [0.4, 0.5) is 5.69 Å². The van der Waals surface area contributed by atoms with Crippen molar-refractivity contribution < 1.29 is 4.79 Å². The molecule has 0 radical (unpaired) electrons. The Labute approximate surface area is 181 Å². The van der Waals surface area contributed by atoms with Crippen LogP contribution in [-0.2, 0) is 4.79 Å². The van der Waals surface area contributed by atoms with E-state index >= 15 is 0 Å². The van der Waals surface area contributed by atoms with Crippen LogP contribution in [0, 0.1) is 5.92 Å². The molecule has 0 bridgehead atoms. The van der Waals surface area contributed by atoms with Crippen LogP contribution in [0.5, 0.6) is 0 Å². The van der Waals surface area contributed by atoms with Crippen molar-refractivity contribution in [3.05, 3.63) is 51.9 Å². The first kappa shape index (κ1) is 20.9. The van der Waals surface area contributed by atoms with Gasteiger partial charge >= 0.3 is 0 Å². The first-order valence-corrected chi connectivity index (χ1v) is 11.0. The molecular formula is C22H28ClN5O2. The molecule has 0 N–H and O–H groups in total. The fourth-order valence-electron chi connectivity index (χ4n) is 4.09. The van der Waals surface area contributed by atoms with E-state index in [9.17, 15) is 9.59 Å². The Balaban J connectivity index is 1.37. The maximum Gasteiger partial charge on any atom is 0.292 e. The zero-order valence-corrected chi connectivity index (χ0v) is 18.1. The second-order valence-electron chi connectivity index (χ2n) is 8.22. The highest BCUT2D eigenvalue weighted by atomic mass is 35.5. The average Bonchev–Trinajstić information content (AvgIpc) is 2.77. The number of amides is 1. The van der Waals surface area contributed by atoms with Crippen LogP contribution in [-0.4, -0.2) is 71.3 Å². The Morgan fingerprint density at radius 2 is 1.73 bits per heavy atom. The lowest BCUT2D eigenvalue weighted by atomic mass is 9.99. The summed E-state index contributed by atoms with van der Waals surface area (Å²) in [6.45, 7) is 7.39. The number of carbonyl (C=O) groups excluding carboxylic acids is 1. The molecule has 160 valence electrons. The van der Waals surface area contributed by atoms with Crippen molar-refractivity contribution in [3.63, 3.8) is 0 Å². The molecule has 2 fully saturated rings. The number of hydrogen-bond donors (Lipinski definition) is 0. The highest BCUT2D eigenvalue weighted by Crippen LogP contribution is 2.23. The molecule has 3 heterocycles. The van der Waals surface area contributed by atoms with Crippen LogP contribution < -0.4 is 10.5 Å². The van der Waals surface area contributed by atoms with E-state index < -0.39 is 0 Å². The van der Waals surface area contributed by atoms with E-state index in [2.05, 4.69) is 21.8 Å². The van der Waals surface area contributed by atoms with E-state index in [1.165, 1.54) is 4.68 Å². The molecular weight excluding hydrogens is 402 g/mol. The van der Waals surface area contributed by atoms with E-state index in [0.717, 1.165) is 39.0 Å². The zero-order valence-electron chi connectivity index (χ0n) is 17.3. The zero-order chi connectivity index (χ0) is 21.1. The number of anilines is 1. The van der Waals surface area contributed by atoms with Crippen molar-refractivity contribution in [1.29, 1.82) is 0 Å². The van der Waals surface area contributed by atoms with Gasteiger partial charge in [0.25, 0.3) is 5.56 Å². The molecule has 30 heavy (non-hydrogen) atoms. The van der Waals surface area contributed by atoms with Gasteiger partial charge in [-0.15, -0.1) is 0 Å². The van der Waals surface area contributed by atoms with E-state index in [-0.39, 0.29) is 16.5 Å². The third-order valence-corrected chi connectivity index (χ3v) is 6.46. The topological polar surface area (TPSA) is 61.7 Å². The molecule has 2 aliphatic rings. The van der Waals surface area contributed by atoms with Crippen molar-refractivity contribution in [3.8, 4) is 5.69 Å². The smallest absolute Gasteiger partial charge is 0.292 e. The molecule has 0 unspecified atom stereocenters. The van der Waals surface area contributed by atoms with E-state index in [1.807, 2.05) is 35.2 Å². The quantitative estimate of drug-likeness (QED) is 0.746. The predicted molar refractivity (Wildman–Crippen MR) is 118 cm³/mol. The van der Waals surface area contributed by atoms with Crippen molar-refractivity contribution >= 4 is 23.2 Å². The summed E-state index contributed by atoms with van der Waals surface area (Å²) in [5, 5.41) is 4.50. The monoisotopic (exact) mass is 429 g/mol. The van der Waals surface area contributed by atoms with Gasteiger partial charge in [0, 0.05) is 39.3 Å². The molecule has 7 nitrogen and oxygen atoms in total. The third kappa shape index (κ3) is 4.52. The normalized spacial score (nSPS) is 18.6. The largest absolute Gasteiger partial charge is 0.366 e. The number of benzene rings is 1. The second-order valence-corrected chi connectivity index (χ2v) is 8.60. The maximum atomic E-state index is 12.7. The summed E-state index contributed by atoms with van der Waals surface area (Å²) >= 11 is 6.43. The van der Waals surface area contributed by atoms with Crippen molar-refractivity contribution in [2.45, 2.75) is 19.8 Å². The van der Waals surface area contributed by atoms with Crippen molar-refractivity contribution in [2.24, 2.45) is 5.92 Å². The highest BCUT2D eigenvalue weighted by molar-refractivity contribution is 6.33. The standard InChI is InChI=1S/C22H28ClN5O2/c1-17-7-9-27(10-8-17)20(29)16-25-11-13-26(14-12-25)19-15-24-28(22(30)21(19)23)18-5-3-2-4-6-18/h2-6,15,17H,7-14,16H2,1H3. The summed E-state index contributed by atoms with van der Waals surface area (Å²) in [7, 11) is 0. The molecule has 0 aliphatic carbocycles. The fourth-order valence-corrected chi connectivity index (χ4v) is 4.34. The molecule has 2 aliphatic heterocycles. The summed E-state index contributed by atoms with van der Waals surface area (Å²) in [5.41, 5.74) is 1.02. The molecule has 4 rings (SSSR count). The Morgan fingerprint density at radius 1 is 1.07 bits per heavy atom. The van der Waals surface area contributed by atoms with E-state index in [1.54, 1.807) is 6.20 Å². The molecule has 8 heteroatoms. The van der Waals surface area contributed by atoms with Gasteiger partial charge in [0.1, 0.15) is 5.02 Å². The lowest BCUT2D eigenvalue weighted by Gasteiger charge is -2.37. The molecule has 2 saturated heterocycles. The van der Waals surface area contributed by atoms with Gasteiger partial charge in [-0.1, -0.05) is 36.7 Å². The Hall–Kier alpha value is -2.38. The number of piperazine rings is 1. The van der Waals surface area contributed by atoms with Gasteiger partial charge in [0.2, 0.25) is 5.91 Å². The molecule has 1 amide bonds. The molecule has 2 aromatic rings. The summed E-state index contributed by atoms with van der Waals surface area (Å²) in [6.07, 6.45) is 3.85. The number of nitrogens with zero attached hydrogens (tertiary/aromatic N) is 5. The van der Waals surface area contributed by atoms with E-state index in [0.29, 0.717) is 36.9 Å². The second kappa shape index (κ2) is 9.18. The third-order valence-electron chi connectivity index (χ3n) is 6.11. The molecule has 1 aromatic carbocycles. The average molecular weight is 430 g/mol. The number of likely N-dealkylation sites (tertiary alicyclic amines) is 1. The number of halogens is 1. The van der Waals surface area contributed by atoms with Crippen LogP contribution in [0.2, 0.25) is 5.02 Å². The Kier molecular flexibility index (Phi) is 6.39. The number of hydrogen-bond acceptors (Lipinski definition) is 5. The maximum absolute atomic E-state index is 12.7. The van der Waals surface area contributed by atoms with Gasteiger partial charge in [-0.25, -0.2) is 0 Å². The minimum absolute atomic E-state index is 0.181. The van der Waals surface area contributed by atoms with Crippen LogP contribution in [0.3, 0.4) is 0 Å². The first-order valence-electron chi connectivity index (χ1n) is 10.6. The van der Waals surface area contributed by atoms with Crippen molar-refractivity contribution in [1.82, 2.24) is 19.6 Å².